The first kappa shape index (κ1) is 18.8. The third kappa shape index (κ3) is 3.97. The van der Waals surface area contributed by atoms with Gasteiger partial charge in [-0.1, -0.05) is 42.0 Å². The van der Waals surface area contributed by atoms with Crippen LogP contribution >= 0.6 is 11.3 Å². The van der Waals surface area contributed by atoms with Gasteiger partial charge in [-0.05, 0) is 73.4 Å². The molecule has 2 amide bonds. The van der Waals surface area contributed by atoms with Crippen LogP contribution in [0.1, 0.15) is 46.0 Å². The molecule has 0 saturated carbocycles. The Labute approximate surface area is 171 Å². The number of hydrogen-bond acceptors (Lipinski definition) is 2. The average molecular weight is 391 g/mol. The molecule has 1 N–H and O–H groups in total. The van der Waals surface area contributed by atoms with Crippen LogP contribution in [0.25, 0.3) is 0 Å². The van der Waals surface area contributed by atoms with Gasteiger partial charge in [-0.15, -0.1) is 11.3 Å². The van der Waals surface area contributed by atoms with E-state index in [2.05, 4.69) is 54.9 Å². The highest BCUT2D eigenvalue weighted by atomic mass is 32.1. The lowest BCUT2D eigenvalue weighted by Gasteiger charge is -2.36. The SMILES string of the molecule is Cc1ccc(NC(=O)N(Cc2sccc2C)C2CCCc3ccccc32)cc1. The van der Waals surface area contributed by atoms with Crippen molar-refractivity contribution < 1.29 is 4.79 Å². The molecule has 1 aromatic heterocycles. The highest BCUT2D eigenvalue weighted by molar-refractivity contribution is 7.10. The van der Waals surface area contributed by atoms with Gasteiger partial charge in [-0.25, -0.2) is 4.79 Å². The molecule has 2 aromatic carbocycles. The number of urea groups is 1. The monoisotopic (exact) mass is 390 g/mol. The van der Waals surface area contributed by atoms with Crippen LogP contribution in [0.2, 0.25) is 0 Å². The summed E-state index contributed by atoms with van der Waals surface area (Å²) in [6.07, 6.45) is 3.21. The van der Waals surface area contributed by atoms with E-state index in [1.54, 1.807) is 11.3 Å². The fourth-order valence-corrected chi connectivity index (χ4v) is 4.83. The summed E-state index contributed by atoms with van der Waals surface area (Å²) in [6, 6.07) is 18.8. The van der Waals surface area contributed by atoms with Crippen LogP contribution in [0.3, 0.4) is 0 Å². The Morgan fingerprint density at radius 3 is 2.64 bits per heavy atom. The highest BCUT2D eigenvalue weighted by Crippen LogP contribution is 2.36. The summed E-state index contributed by atoms with van der Waals surface area (Å²) in [5.74, 6) is 0. The summed E-state index contributed by atoms with van der Waals surface area (Å²) in [7, 11) is 0. The summed E-state index contributed by atoms with van der Waals surface area (Å²) >= 11 is 1.73. The summed E-state index contributed by atoms with van der Waals surface area (Å²) in [4.78, 5) is 16.6. The Morgan fingerprint density at radius 1 is 1.11 bits per heavy atom. The van der Waals surface area contributed by atoms with Crippen LogP contribution in [0, 0.1) is 13.8 Å². The van der Waals surface area contributed by atoms with Crippen molar-refractivity contribution in [2.24, 2.45) is 0 Å². The molecular weight excluding hydrogens is 364 g/mol. The van der Waals surface area contributed by atoms with E-state index in [1.165, 1.54) is 27.1 Å². The number of anilines is 1. The van der Waals surface area contributed by atoms with E-state index in [-0.39, 0.29) is 12.1 Å². The molecule has 144 valence electrons. The van der Waals surface area contributed by atoms with Crippen molar-refractivity contribution in [3.63, 3.8) is 0 Å². The predicted octanol–water partition coefficient (Wildman–Crippen LogP) is 6.48. The molecule has 0 aliphatic heterocycles. The molecule has 1 heterocycles. The van der Waals surface area contributed by atoms with Crippen molar-refractivity contribution in [3.05, 3.63) is 87.1 Å². The summed E-state index contributed by atoms with van der Waals surface area (Å²) in [5.41, 5.74) is 5.94. The van der Waals surface area contributed by atoms with Gasteiger partial charge in [-0.3, -0.25) is 0 Å². The molecule has 0 fully saturated rings. The Balaban J connectivity index is 1.65. The third-order valence-corrected chi connectivity index (χ3v) is 6.57. The van der Waals surface area contributed by atoms with Gasteiger partial charge >= 0.3 is 6.03 Å². The number of fused-ring (bicyclic) bond motifs is 1. The van der Waals surface area contributed by atoms with Gasteiger partial charge in [0.2, 0.25) is 0 Å². The van der Waals surface area contributed by atoms with Gasteiger partial charge in [0.25, 0.3) is 0 Å². The molecule has 0 spiro atoms. The maximum atomic E-state index is 13.4. The minimum absolute atomic E-state index is 0.0293. The number of rotatable bonds is 4. The zero-order valence-corrected chi connectivity index (χ0v) is 17.3. The number of hydrogen-bond donors (Lipinski definition) is 1. The fraction of sp³-hybridized carbons (Fsp3) is 0.292. The van der Waals surface area contributed by atoms with Crippen molar-refractivity contribution in [2.45, 2.75) is 45.7 Å². The zero-order valence-electron chi connectivity index (χ0n) is 16.4. The van der Waals surface area contributed by atoms with Crippen LogP contribution in [-0.4, -0.2) is 10.9 Å². The van der Waals surface area contributed by atoms with Gasteiger partial charge in [-0.2, -0.15) is 0 Å². The highest BCUT2D eigenvalue weighted by Gasteiger charge is 2.30. The lowest BCUT2D eigenvalue weighted by atomic mass is 9.87. The Hall–Kier alpha value is -2.59. The van der Waals surface area contributed by atoms with Crippen molar-refractivity contribution in [3.8, 4) is 0 Å². The number of nitrogens with one attached hydrogen (secondary N) is 1. The maximum Gasteiger partial charge on any atom is 0.322 e. The lowest BCUT2D eigenvalue weighted by molar-refractivity contribution is 0.176. The van der Waals surface area contributed by atoms with E-state index in [1.807, 2.05) is 29.2 Å². The van der Waals surface area contributed by atoms with Crippen LogP contribution in [-0.2, 0) is 13.0 Å². The fourth-order valence-electron chi connectivity index (χ4n) is 3.93. The summed E-state index contributed by atoms with van der Waals surface area (Å²) in [5, 5.41) is 5.23. The molecule has 0 saturated heterocycles. The largest absolute Gasteiger partial charge is 0.322 e. The van der Waals surface area contributed by atoms with E-state index in [0.29, 0.717) is 6.54 Å². The number of amides is 2. The number of carbonyl (C=O) groups excluding carboxylic acids is 1. The second kappa shape index (κ2) is 8.19. The van der Waals surface area contributed by atoms with E-state index >= 15 is 0 Å². The molecule has 0 bridgehead atoms. The van der Waals surface area contributed by atoms with E-state index < -0.39 is 0 Å². The molecule has 1 atom stereocenters. The topological polar surface area (TPSA) is 32.3 Å². The molecular formula is C24H26N2OS. The second-order valence-corrected chi connectivity index (χ2v) is 8.56. The quantitative estimate of drug-likeness (QED) is 0.543. The molecule has 3 aromatic rings. The molecule has 3 nitrogen and oxygen atoms in total. The Bertz CT molecular complexity index is 961. The molecule has 28 heavy (non-hydrogen) atoms. The number of thiophene rings is 1. The minimum Gasteiger partial charge on any atom is -0.312 e. The van der Waals surface area contributed by atoms with Gasteiger partial charge in [0.05, 0.1) is 12.6 Å². The van der Waals surface area contributed by atoms with Crippen molar-refractivity contribution in [2.75, 3.05) is 5.32 Å². The molecule has 1 aliphatic rings. The smallest absolute Gasteiger partial charge is 0.312 e. The second-order valence-electron chi connectivity index (χ2n) is 7.56. The van der Waals surface area contributed by atoms with Gasteiger partial charge in [0.15, 0.2) is 0 Å². The number of benzene rings is 2. The first-order valence-electron chi connectivity index (χ1n) is 9.87. The summed E-state index contributed by atoms with van der Waals surface area (Å²) in [6.45, 7) is 4.81. The predicted molar refractivity (Wildman–Crippen MR) is 117 cm³/mol. The van der Waals surface area contributed by atoms with Crippen molar-refractivity contribution in [1.82, 2.24) is 4.90 Å². The van der Waals surface area contributed by atoms with Crippen molar-refractivity contribution >= 4 is 23.1 Å². The standard InChI is InChI=1S/C24H26N2OS/c1-17-10-12-20(13-11-17)25-24(27)26(16-23-18(2)14-15-28-23)22-9-5-7-19-6-3-4-8-21(19)22/h3-4,6,8,10-15,22H,5,7,9,16H2,1-2H3,(H,25,27). The minimum atomic E-state index is -0.0293. The molecule has 4 rings (SSSR count). The van der Waals surface area contributed by atoms with Gasteiger partial charge < -0.3 is 10.2 Å². The third-order valence-electron chi connectivity index (χ3n) is 5.56. The van der Waals surface area contributed by atoms with Gasteiger partial charge in [0, 0.05) is 10.6 Å². The first-order valence-corrected chi connectivity index (χ1v) is 10.7. The molecule has 1 aliphatic carbocycles. The van der Waals surface area contributed by atoms with Crippen LogP contribution in [0.4, 0.5) is 10.5 Å². The van der Waals surface area contributed by atoms with Crippen molar-refractivity contribution in [1.29, 1.82) is 0 Å². The maximum absolute atomic E-state index is 13.4. The Morgan fingerprint density at radius 2 is 1.89 bits per heavy atom. The van der Waals surface area contributed by atoms with E-state index in [4.69, 9.17) is 0 Å². The Kier molecular flexibility index (Phi) is 5.49. The van der Waals surface area contributed by atoms with Gasteiger partial charge in [0.1, 0.15) is 0 Å². The number of nitrogens with zero attached hydrogens (tertiary/aromatic N) is 1. The van der Waals surface area contributed by atoms with Crippen LogP contribution in [0.5, 0.6) is 0 Å². The van der Waals surface area contributed by atoms with E-state index in [0.717, 1.165) is 24.9 Å². The molecule has 0 radical (unpaired) electrons. The first-order chi connectivity index (χ1) is 13.6. The van der Waals surface area contributed by atoms with Crippen LogP contribution < -0.4 is 5.32 Å². The normalized spacial score (nSPS) is 15.7. The lowest BCUT2D eigenvalue weighted by Crippen LogP contribution is -2.39. The zero-order chi connectivity index (χ0) is 19.5. The number of aryl methyl sites for hydroxylation is 3. The van der Waals surface area contributed by atoms with E-state index in [9.17, 15) is 4.79 Å². The molecule has 4 heteroatoms. The number of carbonyl (C=O) groups is 1. The average Bonchev–Trinajstić information content (AvgIpc) is 3.12. The molecule has 1 unspecified atom stereocenters. The van der Waals surface area contributed by atoms with Crippen LogP contribution in [0.15, 0.2) is 60.0 Å². The summed E-state index contributed by atoms with van der Waals surface area (Å²) < 4.78 is 0.